The second-order valence-corrected chi connectivity index (χ2v) is 3.84. The van der Waals surface area contributed by atoms with Crippen molar-refractivity contribution in [3.8, 4) is 0 Å². The molecule has 1 amide bonds. The van der Waals surface area contributed by atoms with Gasteiger partial charge in [-0.2, -0.15) is 0 Å². The molecule has 1 aromatic carbocycles. The van der Waals surface area contributed by atoms with Crippen molar-refractivity contribution >= 4 is 12.2 Å². The van der Waals surface area contributed by atoms with Crippen LogP contribution in [-0.2, 0) is 0 Å². The van der Waals surface area contributed by atoms with E-state index in [1.165, 1.54) is 6.07 Å². The molecule has 1 fully saturated rings. The van der Waals surface area contributed by atoms with E-state index in [1.807, 2.05) is 6.08 Å². The summed E-state index contributed by atoms with van der Waals surface area (Å²) >= 11 is 0. The van der Waals surface area contributed by atoms with E-state index in [2.05, 4.69) is 5.32 Å². The lowest BCUT2D eigenvalue weighted by atomic mass is 10.2. The van der Waals surface area contributed by atoms with Crippen molar-refractivity contribution in [2.24, 2.45) is 5.92 Å². The van der Waals surface area contributed by atoms with Gasteiger partial charge in [-0.15, -0.1) is 0 Å². The molecule has 2 rings (SSSR count). The van der Waals surface area contributed by atoms with Gasteiger partial charge in [0.2, 0.25) is 0 Å². The molecule has 0 radical (unpaired) electrons. The van der Waals surface area contributed by atoms with Crippen molar-refractivity contribution in [1.29, 1.82) is 0 Å². The first kappa shape index (κ1) is 10.7. The van der Waals surface area contributed by atoms with Gasteiger partial charge in [-0.1, -0.05) is 30.4 Å². The van der Waals surface area contributed by atoms with Crippen molar-refractivity contribution in [2.45, 2.75) is 12.5 Å². The first-order valence-electron chi connectivity index (χ1n) is 5.09. The summed E-state index contributed by atoms with van der Waals surface area (Å²) in [7, 11) is 0. The molecule has 1 aromatic rings. The Morgan fingerprint density at radius 1 is 1.50 bits per heavy atom. The number of carboxylic acid groups (broad SMARTS) is 1. The number of hydrogen-bond donors (Lipinski definition) is 2. The standard InChI is InChI=1S/C12H12FNO2/c13-10-4-2-1-3-8(10)5-6-9-7-11(9)14-12(15)16/h1-6,9,11,14H,7H2,(H,15,16). The molecule has 4 heteroatoms. The van der Waals surface area contributed by atoms with Crippen LogP contribution in [0.1, 0.15) is 12.0 Å². The van der Waals surface area contributed by atoms with Gasteiger partial charge in [0.25, 0.3) is 0 Å². The maximum atomic E-state index is 13.2. The number of amides is 1. The van der Waals surface area contributed by atoms with E-state index in [4.69, 9.17) is 5.11 Å². The van der Waals surface area contributed by atoms with Gasteiger partial charge >= 0.3 is 6.09 Å². The maximum Gasteiger partial charge on any atom is 0.404 e. The maximum absolute atomic E-state index is 13.2. The topological polar surface area (TPSA) is 49.3 Å². The molecule has 0 aromatic heterocycles. The van der Waals surface area contributed by atoms with Crippen LogP contribution >= 0.6 is 0 Å². The predicted octanol–water partition coefficient (Wildman–Crippen LogP) is 2.50. The Hall–Kier alpha value is -1.84. The molecule has 2 atom stereocenters. The van der Waals surface area contributed by atoms with Crippen LogP contribution in [0.15, 0.2) is 30.3 Å². The van der Waals surface area contributed by atoms with Crippen molar-refractivity contribution in [2.75, 3.05) is 0 Å². The molecule has 1 aliphatic carbocycles. The summed E-state index contributed by atoms with van der Waals surface area (Å²) in [4.78, 5) is 10.3. The van der Waals surface area contributed by atoms with E-state index < -0.39 is 6.09 Å². The van der Waals surface area contributed by atoms with Crippen molar-refractivity contribution in [3.05, 3.63) is 41.7 Å². The van der Waals surface area contributed by atoms with E-state index in [0.717, 1.165) is 6.42 Å². The smallest absolute Gasteiger partial charge is 0.404 e. The quantitative estimate of drug-likeness (QED) is 0.823. The SMILES string of the molecule is O=C(O)NC1CC1C=Cc1ccccc1F. The van der Waals surface area contributed by atoms with Gasteiger partial charge in [-0.25, -0.2) is 9.18 Å². The van der Waals surface area contributed by atoms with Crippen LogP contribution < -0.4 is 5.32 Å². The Morgan fingerprint density at radius 2 is 2.25 bits per heavy atom. The van der Waals surface area contributed by atoms with E-state index in [1.54, 1.807) is 24.3 Å². The molecule has 2 N–H and O–H groups in total. The van der Waals surface area contributed by atoms with Crippen molar-refractivity contribution in [3.63, 3.8) is 0 Å². The highest BCUT2D eigenvalue weighted by Gasteiger charge is 2.35. The van der Waals surface area contributed by atoms with Crippen LogP contribution in [0.4, 0.5) is 9.18 Å². The number of benzene rings is 1. The molecule has 84 valence electrons. The molecule has 0 aliphatic heterocycles. The number of rotatable bonds is 3. The zero-order valence-corrected chi connectivity index (χ0v) is 8.56. The zero-order chi connectivity index (χ0) is 11.5. The number of hydrogen-bond acceptors (Lipinski definition) is 1. The van der Waals surface area contributed by atoms with Gasteiger partial charge in [-0.3, -0.25) is 0 Å². The Bertz CT molecular complexity index is 431. The molecule has 0 saturated heterocycles. The fourth-order valence-electron chi connectivity index (χ4n) is 1.59. The molecule has 0 spiro atoms. The molecule has 1 aliphatic rings. The summed E-state index contributed by atoms with van der Waals surface area (Å²) in [5.41, 5.74) is 0.531. The second-order valence-electron chi connectivity index (χ2n) is 3.84. The summed E-state index contributed by atoms with van der Waals surface area (Å²) in [5.74, 6) is -0.0714. The third-order valence-electron chi connectivity index (χ3n) is 2.58. The van der Waals surface area contributed by atoms with E-state index in [9.17, 15) is 9.18 Å². The van der Waals surface area contributed by atoms with Gasteiger partial charge in [0.05, 0.1) is 0 Å². The Morgan fingerprint density at radius 3 is 2.94 bits per heavy atom. The lowest BCUT2D eigenvalue weighted by Crippen LogP contribution is -2.24. The second kappa shape index (κ2) is 4.35. The third kappa shape index (κ3) is 2.59. The Kier molecular flexibility index (Phi) is 2.90. The van der Waals surface area contributed by atoms with Crippen molar-refractivity contribution < 1.29 is 14.3 Å². The summed E-state index contributed by atoms with van der Waals surface area (Å²) in [6, 6.07) is 6.48. The van der Waals surface area contributed by atoms with E-state index in [-0.39, 0.29) is 17.8 Å². The molecule has 0 bridgehead atoms. The summed E-state index contributed by atoms with van der Waals surface area (Å²) in [6.45, 7) is 0. The minimum atomic E-state index is -1.01. The first-order valence-corrected chi connectivity index (χ1v) is 5.09. The molecule has 2 unspecified atom stereocenters. The predicted molar refractivity (Wildman–Crippen MR) is 58.5 cm³/mol. The van der Waals surface area contributed by atoms with E-state index >= 15 is 0 Å². The fourth-order valence-corrected chi connectivity index (χ4v) is 1.59. The number of carbonyl (C=O) groups is 1. The highest BCUT2D eigenvalue weighted by molar-refractivity contribution is 5.65. The van der Waals surface area contributed by atoms with Crippen LogP contribution in [0, 0.1) is 11.7 Å². The van der Waals surface area contributed by atoms with Crippen LogP contribution in [0.5, 0.6) is 0 Å². The van der Waals surface area contributed by atoms with Gasteiger partial charge in [0, 0.05) is 11.6 Å². The van der Waals surface area contributed by atoms with Crippen LogP contribution in [0.3, 0.4) is 0 Å². The van der Waals surface area contributed by atoms with Gasteiger partial charge in [0.1, 0.15) is 5.82 Å². The molecular weight excluding hydrogens is 209 g/mol. The third-order valence-corrected chi connectivity index (χ3v) is 2.58. The highest BCUT2D eigenvalue weighted by Crippen LogP contribution is 2.32. The summed E-state index contributed by atoms with van der Waals surface area (Å²) < 4.78 is 13.2. The fraction of sp³-hybridized carbons (Fsp3) is 0.250. The minimum absolute atomic E-state index is 0.0134. The monoisotopic (exact) mass is 221 g/mol. The molecule has 0 heterocycles. The van der Waals surface area contributed by atoms with Crippen LogP contribution in [-0.4, -0.2) is 17.2 Å². The highest BCUT2D eigenvalue weighted by atomic mass is 19.1. The Balaban J connectivity index is 1.92. The van der Waals surface area contributed by atoms with Gasteiger partial charge < -0.3 is 10.4 Å². The van der Waals surface area contributed by atoms with E-state index in [0.29, 0.717) is 5.56 Å². The van der Waals surface area contributed by atoms with Gasteiger partial charge in [-0.05, 0) is 18.4 Å². The minimum Gasteiger partial charge on any atom is -0.465 e. The average Bonchev–Trinajstić information content (AvgIpc) is 2.94. The molecule has 16 heavy (non-hydrogen) atoms. The zero-order valence-electron chi connectivity index (χ0n) is 8.56. The largest absolute Gasteiger partial charge is 0.465 e. The number of halogens is 1. The first-order chi connectivity index (χ1) is 7.66. The Labute approximate surface area is 92.6 Å². The normalized spacial score (nSPS) is 23.3. The summed E-state index contributed by atoms with van der Waals surface area (Å²) in [6.07, 6.45) is 3.33. The van der Waals surface area contributed by atoms with Crippen molar-refractivity contribution in [1.82, 2.24) is 5.32 Å². The lowest BCUT2D eigenvalue weighted by molar-refractivity contribution is 0.193. The molecular formula is C12H12FNO2. The van der Waals surface area contributed by atoms with Crippen LogP contribution in [0.25, 0.3) is 6.08 Å². The molecule has 1 saturated carbocycles. The lowest BCUT2D eigenvalue weighted by Gasteiger charge is -1.96. The van der Waals surface area contributed by atoms with Crippen LogP contribution in [0.2, 0.25) is 0 Å². The summed E-state index contributed by atoms with van der Waals surface area (Å²) in [5, 5.41) is 10.9. The van der Waals surface area contributed by atoms with Gasteiger partial charge in [0.15, 0.2) is 0 Å². The number of nitrogens with one attached hydrogen (secondary N) is 1. The molecule has 3 nitrogen and oxygen atoms in total. The average molecular weight is 221 g/mol.